The van der Waals surface area contributed by atoms with Crippen LogP contribution in [0.1, 0.15) is 40.0 Å². The zero-order valence-electron chi connectivity index (χ0n) is 10.3. The molecule has 0 aliphatic carbocycles. The number of carbonyl (C=O) groups excluding carboxylic acids is 1. The smallest absolute Gasteiger partial charge is 0.218 e. The van der Waals surface area contributed by atoms with E-state index in [0.29, 0.717) is 11.8 Å². The van der Waals surface area contributed by atoms with Crippen LogP contribution in [0, 0.1) is 11.3 Å². The summed E-state index contributed by atoms with van der Waals surface area (Å²) in [6.45, 7) is 10.0. The van der Waals surface area contributed by atoms with Gasteiger partial charge >= 0.3 is 0 Å². The first-order valence-electron chi connectivity index (χ1n) is 5.90. The fourth-order valence-electron chi connectivity index (χ4n) is 2.29. The number of nitrogens with zero attached hydrogens (tertiary/aromatic N) is 1. The lowest BCUT2D eigenvalue weighted by Gasteiger charge is -2.38. The van der Waals surface area contributed by atoms with Crippen LogP contribution in [0.3, 0.4) is 0 Å². The van der Waals surface area contributed by atoms with E-state index in [1.807, 2.05) is 0 Å². The first kappa shape index (κ1) is 12.5. The first-order chi connectivity index (χ1) is 6.89. The Morgan fingerprint density at radius 1 is 1.33 bits per heavy atom. The van der Waals surface area contributed by atoms with Gasteiger partial charge in [0.15, 0.2) is 0 Å². The van der Waals surface area contributed by atoms with E-state index < -0.39 is 0 Å². The molecule has 2 N–H and O–H groups in total. The molecule has 3 heteroatoms. The van der Waals surface area contributed by atoms with Gasteiger partial charge in [0.25, 0.3) is 0 Å². The fraction of sp³-hybridized carbons (Fsp3) is 0.917. The zero-order valence-corrected chi connectivity index (χ0v) is 10.3. The highest BCUT2D eigenvalue weighted by Gasteiger charge is 2.28. The van der Waals surface area contributed by atoms with E-state index in [4.69, 9.17) is 5.73 Å². The van der Waals surface area contributed by atoms with Gasteiger partial charge in [-0.1, -0.05) is 20.8 Å². The molecule has 0 saturated carbocycles. The van der Waals surface area contributed by atoms with E-state index in [0.717, 1.165) is 25.6 Å². The molecule has 88 valence electrons. The minimum Gasteiger partial charge on any atom is -0.370 e. The standard InChI is InChI=1S/C12H24N2O/c1-12(2,3)10-4-7-14(8-5-10)9-6-11(13)15/h10H,4-9H2,1-3H3,(H2,13,15). The Balaban J connectivity index is 2.27. The third-order valence-electron chi connectivity index (χ3n) is 3.49. The molecular formula is C12H24N2O. The minimum atomic E-state index is -0.187. The zero-order chi connectivity index (χ0) is 11.5. The molecule has 1 rings (SSSR count). The van der Waals surface area contributed by atoms with Crippen LogP contribution in [0.2, 0.25) is 0 Å². The van der Waals surface area contributed by atoms with Crippen LogP contribution >= 0.6 is 0 Å². The SMILES string of the molecule is CC(C)(C)C1CCN(CCC(N)=O)CC1. The molecule has 0 spiro atoms. The largest absolute Gasteiger partial charge is 0.370 e. The third-order valence-corrected chi connectivity index (χ3v) is 3.49. The molecule has 1 fully saturated rings. The van der Waals surface area contributed by atoms with Crippen molar-refractivity contribution in [3.8, 4) is 0 Å². The summed E-state index contributed by atoms with van der Waals surface area (Å²) in [6, 6.07) is 0. The molecule has 1 saturated heterocycles. The van der Waals surface area contributed by atoms with E-state index in [-0.39, 0.29) is 5.91 Å². The van der Waals surface area contributed by atoms with Crippen LogP contribution in [-0.4, -0.2) is 30.4 Å². The van der Waals surface area contributed by atoms with Gasteiger partial charge in [0.1, 0.15) is 0 Å². The molecule has 0 aromatic heterocycles. The maximum absolute atomic E-state index is 10.7. The van der Waals surface area contributed by atoms with E-state index in [1.54, 1.807) is 0 Å². The van der Waals surface area contributed by atoms with E-state index in [2.05, 4.69) is 25.7 Å². The predicted octanol–water partition coefficient (Wildman–Crippen LogP) is 1.62. The number of primary amides is 1. The summed E-state index contributed by atoms with van der Waals surface area (Å²) in [4.78, 5) is 13.0. The summed E-state index contributed by atoms with van der Waals surface area (Å²) >= 11 is 0. The highest BCUT2D eigenvalue weighted by Crippen LogP contribution is 2.34. The molecule has 1 heterocycles. The lowest BCUT2D eigenvalue weighted by Crippen LogP contribution is -2.39. The lowest BCUT2D eigenvalue weighted by atomic mass is 9.75. The van der Waals surface area contributed by atoms with Gasteiger partial charge < -0.3 is 10.6 Å². The van der Waals surface area contributed by atoms with Crippen LogP contribution in [0.4, 0.5) is 0 Å². The summed E-state index contributed by atoms with van der Waals surface area (Å²) in [7, 11) is 0. The highest BCUT2D eigenvalue weighted by molar-refractivity contribution is 5.73. The predicted molar refractivity (Wildman–Crippen MR) is 62.4 cm³/mol. The summed E-state index contributed by atoms with van der Waals surface area (Å²) in [6.07, 6.45) is 3.00. The number of amides is 1. The van der Waals surface area contributed by atoms with Crippen LogP contribution in [0.5, 0.6) is 0 Å². The Morgan fingerprint density at radius 3 is 2.27 bits per heavy atom. The minimum absolute atomic E-state index is 0.187. The Bertz CT molecular complexity index is 212. The molecule has 0 atom stereocenters. The first-order valence-corrected chi connectivity index (χ1v) is 5.90. The van der Waals surface area contributed by atoms with Crippen molar-refractivity contribution in [1.29, 1.82) is 0 Å². The fourth-order valence-corrected chi connectivity index (χ4v) is 2.29. The molecule has 0 bridgehead atoms. The Kier molecular flexibility index (Phi) is 4.14. The molecule has 1 amide bonds. The van der Waals surface area contributed by atoms with Crippen LogP contribution < -0.4 is 5.73 Å². The summed E-state index contributed by atoms with van der Waals surface area (Å²) in [5.41, 5.74) is 5.57. The number of piperidine rings is 1. The van der Waals surface area contributed by atoms with Crippen molar-refractivity contribution in [3.63, 3.8) is 0 Å². The van der Waals surface area contributed by atoms with E-state index in [9.17, 15) is 4.79 Å². The second-order valence-electron chi connectivity index (χ2n) is 5.70. The summed E-state index contributed by atoms with van der Waals surface area (Å²) < 4.78 is 0. The number of likely N-dealkylation sites (tertiary alicyclic amines) is 1. The van der Waals surface area contributed by atoms with Gasteiger partial charge in [-0.15, -0.1) is 0 Å². The Morgan fingerprint density at radius 2 is 1.87 bits per heavy atom. The lowest BCUT2D eigenvalue weighted by molar-refractivity contribution is -0.118. The van der Waals surface area contributed by atoms with Gasteiger partial charge in [0.05, 0.1) is 0 Å². The molecule has 0 radical (unpaired) electrons. The molecule has 15 heavy (non-hydrogen) atoms. The van der Waals surface area contributed by atoms with Crippen molar-refractivity contribution < 1.29 is 4.79 Å². The monoisotopic (exact) mass is 212 g/mol. The van der Waals surface area contributed by atoms with Gasteiger partial charge in [-0.2, -0.15) is 0 Å². The van der Waals surface area contributed by atoms with Crippen molar-refractivity contribution in [2.24, 2.45) is 17.1 Å². The molecule has 1 aliphatic heterocycles. The van der Waals surface area contributed by atoms with Crippen LogP contribution in [0.15, 0.2) is 0 Å². The van der Waals surface area contributed by atoms with Gasteiger partial charge in [0, 0.05) is 13.0 Å². The average Bonchev–Trinajstić information content (AvgIpc) is 2.14. The average molecular weight is 212 g/mol. The number of nitrogens with two attached hydrogens (primary N) is 1. The molecule has 0 unspecified atom stereocenters. The second-order valence-corrected chi connectivity index (χ2v) is 5.70. The Hall–Kier alpha value is -0.570. The summed E-state index contributed by atoms with van der Waals surface area (Å²) in [5, 5.41) is 0. The van der Waals surface area contributed by atoms with Crippen molar-refractivity contribution in [2.75, 3.05) is 19.6 Å². The molecule has 3 nitrogen and oxygen atoms in total. The molecular weight excluding hydrogens is 188 g/mol. The number of hydrogen-bond donors (Lipinski definition) is 1. The maximum Gasteiger partial charge on any atom is 0.218 e. The van der Waals surface area contributed by atoms with Crippen molar-refractivity contribution in [1.82, 2.24) is 4.90 Å². The third kappa shape index (κ3) is 4.20. The van der Waals surface area contributed by atoms with Gasteiger partial charge in [0.2, 0.25) is 5.91 Å². The van der Waals surface area contributed by atoms with Crippen LogP contribution in [-0.2, 0) is 4.79 Å². The number of rotatable bonds is 3. The summed E-state index contributed by atoms with van der Waals surface area (Å²) in [5.74, 6) is 0.635. The highest BCUT2D eigenvalue weighted by atomic mass is 16.1. The number of hydrogen-bond acceptors (Lipinski definition) is 2. The maximum atomic E-state index is 10.7. The molecule has 1 aliphatic rings. The van der Waals surface area contributed by atoms with Crippen molar-refractivity contribution in [2.45, 2.75) is 40.0 Å². The van der Waals surface area contributed by atoms with E-state index in [1.165, 1.54) is 12.8 Å². The molecule has 0 aromatic carbocycles. The van der Waals surface area contributed by atoms with Crippen molar-refractivity contribution in [3.05, 3.63) is 0 Å². The normalized spacial score (nSPS) is 20.5. The quantitative estimate of drug-likeness (QED) is 0.772. The van der Waals surface area contributed by atoms with E-state index >= 15 is 0 Å². The van der Waals surface area contributed by atoms with Gasteiger partial charge in [-0.05, 0) is 37.3 Å². The van der Waals surface area contributed by atoms with Crippen molar-refractivity contribution >= 4 is 5.91 Å². The molecule has 0 aromatic rings. The van der Waals surface area contributed by atoms with Gasteiger partial charge in [-0.3, -0.25) is 4.79 Å². The number of carbonyl (C=O) groups is 1. The van der Waals surface area contributed by atoms with Gasteiger partial charge in [-0.25, -0.2) is 0 Å². The Labute approximate surface area is 93.0 Å². The topological polar surface area (TPSA) is 46.3 Å². The van der Waals surface area contributed by atoms with Crippen LogP contribution in [0.25, 0.3) is 0 Å². The second kappa shape index (κ2) is 4.97.